The lowest BCUT2D eigenvalue weighted by atomic mass is 10.1. The third-order valence-corrected chi connectivity index (χ3v) is 7.41. The molecule has 0 aliphatic carbocycles. The molecular formula is C24H33N5O3S. The smallest absolute Gasteiger partial charge is 0.411 e. The fourth-order valence-corrected chi connectivity index (χ4v) is 5.68. The molecule has 3 saturated heterocycles. The quantitative estimate of drug-likeness (QED) is 0.670. The Labute approximate surface area is 200 Å². The molecular weight excluding hydrogens is 438 g/mol. The van der Waals surface area contributed by atoms with E-state index in [1.165, 1.54) is 0 Å². The van der Waals surface area contributed by atoms with Gasteiger partial charge in [-0.1, -0.05) is 0 Å². The summed E-state index contributed by atoms with van der Waals surface area (Å²) in [6.45, 7) is 10.3. The lowest BCUT2D eigenvalue weighted by Gasteiger charge is -2.39. The van der Waals surface area contributed by atoms with Gasteiger partial charge in [-0.3, -0.25) is 14.6 Å². The van der Waals surface area contributed by atoms with Crippen LogP contribution in [0.3, 0.4) is 0 Å². The van der Waals surface area contributed by atoms with E-state index < -0.39 is 17.7 Å². The Kier molecular flexibility index (Phi) is 7.05. The molecule has 0 spiro atoms. The van der Waals surface area contributed by atoms with Gasteiger partial charge in [-0.2, -0.15) is 5.26 Å². The lowest BCUT2D eigenvalue weighted by molar-refractivity contribution is -0.134. The first-order valence-corrected chi connectivity index (χ1v) is 12.8. The number of hydrogen-bond acceptors (Lipinski definition) is 7. The zero-order chi connectivity index (χ0) is 23.6. The number of anilines is 1. The van der Waals surface area contributed by atoms with E-state index in [0.717, 1.165) is 44.2 Å². The minimum absolute atomic E-state index is 0.0459. The number of likely N-dealkylation sites (tertiary alicyclic amines) is 1. The first kappa shape index (κ1) is 23.7. The van der Waals surface area contributed by atoms with Crippen LogP contribution in [0, 0.1) is 11.3 Å². The highest BCUT2D eigenvalue weighted by Gasteiger charge is 2.45. The molecule has 3 fully saturated rings. The van der Waals surface area contributed by atoms with Crippen molar-refractivity contribution in [3.63, 3.8) is 0 Å². The molecule has 2 amide bonds. The van der Waals surface area contributed by atoms with Crippen molar-refractivity contribution in [3.8, 4) is 6.07 Å². The van der Waals surface area contributed by atoms with Gasteiger partial charge in [0.15, 0.2) is 0 Å². The zero-order valence-corrected chi connectivity index (χ0v) is 20.5. The molecule has 9 heteroatoms. The number of hydrogen-bond donors (Lipinski definition) is 0. The third kappa shape index (κ3) is 5.56. The maximum atomic E-state index is 13.3. The maximum Gasteiger partial charge on any atom is 0.411 e. The van der Waals surface area contributed by atoms with Crippen molar-refractivity contribution >= 4 is 29.4 Å². The lowest BCUT2D eigenvalue weighted by Crippen LogP contribution is -2.51. The summed E-state index contributed by atoms with van der Waals surface area (Å²) in [6, 6.07) is 9.54. The van der Waals surface area contributed by atoms with Crippen molar-refractivity contribution in [2.45, 2.75) is 44.9 Å². The molecule has 0 aromatic heterocycles. The Hall–Kier alpha value is -2.44. The number of thioether (sulfide) groups is 1. The van der Waals surface area contributed by atoms with Gasteiger partial charge in [0.1, 0.15) is 11.6 Å². The molecule has 0 unspecified atom stereocenters. The minimum atomic E-state index is -0.598. The highest BCUT2D eigenvalue weighted by atomic mass is 32.2. The Morgan fingerprint density at radius 3 is 2.36 bits per heavy atom. The van der Waals surface area contributed by atoms with Gasteiger partial charge in [-0.15, -0.1) is 11.8 Å². The molecule has 33 heavy (non-hydrogen) atoms. The highest BCUT2D eigenvalue weighted by molar-refractivity contribution is 7.99. The molecule has 3 aliphatic heterocycles. The summed E-state index contributed by atoms with van der Waals surface area (Å²) in [6.07, 6.45) is 0.252. The number of rotatable bonds is 3. The van der Waals surface area contributed by atoms with E-state index in [4.69, 9.17) is 10.00 Å². The predicted octanol–water partition coefficient (Wildman–Crippen LogP) is 2.59. The van der Waals surface area contributed by atoms with Gasteiger partial charge in [-0.25, -0.2) is 4.79 Å². The molecule has 1 aromatic rings. The van der Waals surface area contributed by atoms with Crippen LogP contribution in [0.2, 0.25) is 0 Å². The van der Waals surface area contributed by atoms with Gasteiger partial charge < -0.3 is 14.5 Å². The van der Waals surface area contributed by atoms with Crippen molar-refractivity contribution in [3.05, 3.63) is 29.8 Å². The predicted molar refractivity (Wildman–Crippen MR) is 129 cm³/mol. The van der Waals surface area contributed by atoms with Crippen LogP contribution in [0.1, 0.15) is 32.8 Å². The van der Waals surface area contributed by atoms with E-state index in [2.05, 4.69) is 15.9 Å². The zero-order valence-electron chi connectivity index (χ0n) is 19.7. The normalized spacial score (nSPS) is 24.1. The number of piperazine rings is 1. The summed E-state index contributed by atoms with van der Waals surface area (Å²) in [5, 5.41) is 9.01. The molecule has 0 bridgehead atoms. The van der Waals surface area contributed by atoms with E-state index in [0.29, 0.717) is 24.4 Å². The van der Waals surface area contributed by atoms with Crippen molar-refractivity contribution in [2.75, 3.05) is 55.8 Å². The van der Waals surface area contributed by atoms with Crippen molar-refractivity contribution in [2.24, 2.45) is 0 Å². The first-order chi connectivity index (χ1) is 15.7. The van der Waals surface area contributed by atoms with E-state index in [9.17, 15) is 9.59 Å². The number of ether oxygens (including phenoxy) is 1. The number of amides is 2. The molecule has 0 saturated carbocycles. The number of nitrogens with zero attached hydrogens (tertiary/aromatic N) is 5. The van der Waals surface area contributed by atoms with Gasteiger partial charge in [0.25, 0.3) is 0 Å². The summed E-state index contributed by atoms with van der Waals surface area (Å²) < 4.78 is 5.66. The Balaban J connectivity index is 1.41. The molecule has 3 aliphatic rings. The second kappa shape index (κ2) is 9.82. The van der Waals surface area contributed by atoms with Crippen LogP contribution in [0.25, 0.3) is 0 Å². The molecule has 0 radical (unpaired) electrons. The van der Waals surface area contributed by atoms with Gasteiger partial charge in [0, 0.05) is 56.8 Å². The van der Waals surface area contributed by atoms with Crippen LogP contribution in [0.5, 0.6) is 0 Å². The van der Waals surface area contributed by atoms with Gasteiger partial charge in [0.2, 0.25) is 5.91 Å². The fourth-order valence-electron chi connectivity index (χ4n) is 4.73. The number of nitriles is 1. The highest BCUT2D eigenvalue weighted by Crippen LogP contribution is 2.29. The summed E-state index contributed by atoms with van der Waals surface area (Å²) >= 11 is 1.75. The van der Waals surface area contributed by atoms with Crippen LogP contribution in [0.15, 0.2) is 24.3 Å². The summed E-state index contributed by atoms with van der Waals surface area (Å²) in [5.41, 5.74) is 1.19. The van der Waals surface area contributed by atoms with Crippen molar-refractivity contribution < 1.29 is 14.3 Å². The van der Waals surface area contributed by atoms with Crippen LogP contribution in [-0.4, -0.2) is 95.3 Å². The van der Waals surface area contributed by atoms with Crippen molar-refractivity contribution in [1.29, 1.82) is 5.26 Å². The van der Waals surface area contributed by atoms with Crippen LogP contribution in [0.4, 0.5) is 10.5 Å². The molecule has 4 rings (SSSR count). The van der Waals surface area contributed by atoms with Crippen LogP contribution >= 0.6 is 11.8 Å². The molecule has 178 valence electrons. The van der Waals surface area contributed by atoms with Gasteiger partial charge >= 0.3 is 6.09 Å². The Morgan fingerprint density at radius 1 is 1.09 bits per heavy atom. The monoisotopic (exact) mass is 471 g/mol. The SMILES string of the molecule is CC(C)(C)OC(=O)N1C[C@@H](N2CCN(c3ccc(C#N)cc3)CC2)C[C@H]1C(=O)N1CCSC1. The summed E-state index contributed by atoms with van der Waals surface area (Å²) in [4.78, 5) is 34.5. The van der Waals surface area contributed by atoms with E-state index in [-0.39, 0.29) is 11.9 Å². The molecule has 8 nitrogen and oxygen atoms in total. The maximum absolute atomic E-state index is 13.3. The van der Waals surface area contributed by atoms with E-state index >= 15 is 0 Å². The van der Waals surface area contributed by atoms with Crippen molar-refractivity contribution in [1.82, 2.24) is 14.7 Å². The van der Waals surface area contributed by atoms with Crippen LogP contribution < -0.4 is 4.90 Å². The van der Waals surface area contributed by atoms with E-state index in [1.807, 2.05) is 49.9 Å². The fraction of sp³-hybridized carbons (Fsp3) is 0.625. The summed E-state index contributed by atoms with van der Waals surface area (Å²) in [7, 11) is 0. The second-order valence-corrected chi connectivity index (χ2v) is 10.9. The molecule has 3 heterocycles. The molecule has 0 N–H and O–H groups in total. The minimum Gasteiger partial charge on any atom is -0.444 e. The first-order valence-electron chi connectivity index (χ1n) is 11.6. The third-order valence-electron chi connectivity index (χ3n) is 6.45. The number of carbonyl (C=O) groups excluding carboxylic acids is 2. The average molecular weight is 472 g/mol. The average Bonchev–Trinajstić information content (AvgIpc) is 3.48. The second-order valence-electron chi connectivity index (χ2n) is 9.86. The standard InChI is InChI=1S/C24H33N5O3S/c1-24(2,3)32-23(31)29-16-20(14-21(29)22(30)28-12-13-33-17-28)27-10-8-26(9-11-27)19-6-4-18(15-25)5-7-19/h4-7,20-21H,8-14,16-17H2,1-3H3/t20-,21-/m0/s1. The van der Waals surface area contributed by atoms with Gasteiger partial charge in [0.05, 0.1) is 17.5 Å². The molecule has 1 aromatic carbocycles. The Bertz CT molecular complexity index is 896. The number of carbonyl (C=O) groups is 2. The van der Waals surface area contributed by atoms with Crippen LogP contribution in [-0.2, 0) is 9.53 Å². The topological polar surface area (TPSA) is 80.1 Å². The molecule has 2 atom stereocenters. The Morgan fingerprint density at radius 2 is 1.79 bits per heavy atom. The summed E-state index contributed by atoms with van der Waals surface area (Å²) in [5.74, 6) is 1.70. The number of benzene rings is 1. The van der Waals surface area contributed by atoms with E-state index in [1.54, 1.807) is 16.7 Å². The largest absolute Gasteiger partial charge is 0.444 e. The van der Waals surface area contributed by atoms with Gasteiger partial charge in [-0.05, 0) is 51.5 Å².